The van der Waals surface area contributed by atoms with Crippen molar-refractivity contribution >= 4 is 17.6 Å². The van der Waals surface area contributed by atoms with Gasteiger partial charge < -0.3 is 19.2 Å². The molecule has 0 radical (unpaired) electrons. The molecule has 1 amide bonds. The maximum absolute atomic E-state index is 12.9. The lowest BCUT2D eigenvalue weighted by molar-refractivity contribution is -0.125. The van der Waals surface area contributed by atoms with E-state index in [4.69, 9.17) is 13.9 Å². The molecule has 1 atom stereocenters. The quantitative estimate of drug-likeness (QED) is 0.641. The molecule has 0 aliphatic rings. The van der Waals surface area contributed by atoms with Crippen molar-refractivity contribution in [3.8, 4) is 5.75 Å². The number of carbonyl (C=O) groups excluding carboxylic acids is 2. The summed E-state index contributed by atoms with van der Waals surface area (Å²) in [6.07, 6.45) is -1.12. The van der Waals surface area contributed by atoms with Gasteiger partial charge in [-0.15, -0.1) is 0 Å². The molecule has 2 aromatic carbocycles. The second-order valence-corrected chi connectivity index (χ2v) is 6.24. The molecule has 0 saturated carbocycles. The Labute approximate surface area is 163 Å². The molecule has 144 valence electrons. The molecule has 3 rings (SSSR count). The zero-order valence-corrected chi connectivity index (χ0v) is 15.9. The van der Waals surface area contributed by atoms with Crippen LogP contribution in [0.2, 0.25) is 0 Å². The average Bonchev–Trinajstić information content (AvgIpc) is 3.04. The average molecular weight is 379 g/mol. The number of nitrogens with one attached hydrogen (secondary N) is 1. The molecule has 0 unspecified atom stereocenters. The molecule has 6 heteroatoms. The molecular weight excluding hydrogens is 358 g/mol. The number of esters is 1. The van der Waals surface area contributed by atoms with Crippen molar-refractivity contribution in [2.75, 3.05) is 12.4 Å². The van der Waals surface area contributed by atoms with Gasteiger partial charge in [0.2, 0.25) is 6.10 Å². The van der Waals surface area contributed by atoms with Crippen LogP contribution in [0, 0.1) is 13.8 Å². The predicted molar refractivity (Wildman–Crippen MR) is 104 cm³/mol. The zero-order valence-electron chi connectivity index (χ0n) is 15.9. The van der Waals surface area contributed by atoms with E-state index in [2.05, 4.69) is 5.32 Å². The van der Waals surface area contributed by atoms with Gasteiger partial charge in [-0.05, 0) is 32.0 Å². The van der Waals surface area contributed by atoms with E-state index in [1.54, 1.807) is 75.6 Å². The molecule has 28 heavy (non-hydrogen) atoms. The summed E-state index contributed by atoms with van der Waals surface area (Å²) in [6, 6.07) is 17.4. The SMILES string of the molecule is COc1cccc(NC(=O)[C@H](OC(=O)c2cc(C)oc2C)c2ccccc2)c1. The minimum atomic E-state index is -1.12. The molecular formula is C22H21NO5. The number of ether oxygens (including phenoxy) is 2. The third kappa shape index (κ3) is 4.40. The number of aryl methyl sites for hydroxylation is 2. The Morgan fingerprint density at radius 3 is 2.39 bits per heavy atom. The predicted octanol–water partition coefficient (Wildman–Crippen LogP) is 4.44. The molecule has 0 fully saturated rings. The number of furan rings is 1. The van der Waals surface area contributed by atoms with E-state index in [1.165, 1.54) is 0 Å². The van der Waals surface area contributed by atoms with Crippen molar-refractivity contribution in [1.29, 1.82) is 0 Å². The van der Waals surface area contributed by atoms with Crippen LogP contribution in [0.4, 0.5) is 5.69 Å². The summed E-state index contributed by atoms with van der Waals surface area (Å²) in [5, 5.41) is 2.77. The van der Waals surface area contributed by atoms with Gasteiger partial charge in [0.15, 0.2) is 0 Å². The van der Waals surface area contributed by atoms with Crippen molar-refractivity contribution in [3.05, 3.63) is 83.3 Å². The van der Waals surface area contributed by atoms with Crippen LogP contribution in [0.25, 0.3) is 0 Å². The van der Waals surface area contributed by atoms with Crippen LogP contribution >= 0.6 is 0 Å². The highest BCUT2D eigenvalue weighted by Gasteiger charge is 2.27. The van der Waals surface area contributed by atoms with Crippen molar-refractivity contribution in [2.45, 2.75) is 20.0 Å². The van der Waals surface area contributed by atoms with Crippen LogP contribution in [-0.4, -0.2) is 19.0 Å². The van der Waals surface area contributed by atoms with Crippen molar-refractivity contribution in [3.63, 3.8) is 0 Å². The standard InChI is InChI=1S/C22H21NO5/c1-14-12-19(15(2)27-14)22(25)28-20(16-8-5-4-6-9-16)21(24)23-17-10-7-11-18(13-17)26-3/h4-13,20H,1-3H3,(H,23,24)/t20-/m1/s1. The first kappa shape index (κ1) is 19.2. The monoisotopic (exact) mass is 379 g/mol. The van der Waals surface area contributed by atoms with Crippen LogP contribution in [0.3, 0.4) is 0 Å². The zero-order chi connectivity index (χ0) is 20.1. The first-order chi connectivity index (χ1) is 13.5. The van der Waals surface area contributed by atoms with Crippen molar-refractivity contribution in [2.24, 2.45) is 0 Å². The lowest BCUT2D eigenvalue weighted by Crippen LogP contribution is -2.26. The molecule has 1 aromatic heterocycles. The van der Waals surface area contributed by atoms with Gasteiger partial charge in [0.25, 0.3) is 5.91 Å². The van der Waals surface area contributed by atoms with Crippen molar-refractivity contribution in [1.82, 2.24) is 0 Å². The lowest BCUT2D eigenvalue weighted by Gasteiger charge is -2.18. The Morgan fingerprint density at radius 2 is 1.75 bits per heavy atom. The second kappa shape index (κ2) is 8.43. The summed E-state index contributed by atoms with van der Waals surface area (Å²) in [5.74, 6) is 0.564. The van der Waals surface area contributed by atoms with E-state index in [1.807, 2.05) is 6.07 Å². The number of methoxy groups -OCH3 is 1. The normalized spacial score (nSPS) is 11.5. The molecule has 6 nitrogen and oxygen atoms in total. The first-order valence-electron chi connectivity index (χ1n) is 8.76. The van der Waals surface area contributed by atoms with E-state index in [-0.39, 0.29) is 0 Å². The summed E-state index contributed by atoms with van der Waals surface area (Å²) < 4.78 is 16.1. The largest absolute Gasteiger partial charge is 0.497 e. The molecule has 1 heterocycles. The number of hydrogen-bond acceptors (Lipinski definition) is 5. The molecule has 0 bridgehead atoms. The molecule has 0 spiro atoms. The minimum absolute atomic E-state index is 0.299. The van der Waals surface area contributed by atoms with Gasteiger partial charge in [-0.25, -0.2) is 4.79 Å². The molecule has 0 aliphatic heterocycles. The summed E-state index contributed by atoms with van der Waals surface area (Å²) in [6.45, 7) is 3.42. The minimum Gasteiger partial charge on any atom is -0.497 e. The smallest absolute Gasteiger partial charge is 0.342 e. The number of amides is 1. The van der Waals surface area contributed by atoms with E-state index in [9.17, 15) is 9.59 Å². The van der Waals surface area contributed by atoms with Gasteiger partial charge in [0.05, 0.1) is 7.11 Å². The Balaban J connectivity index is 1.85. The van der Waals surface area contributed by atoms with Crippen LogP contribution in [0.5, 0.6) is 5.75 Å². The van der Waals surface area contributed by atoms with E-state index in [0.29, 0.717) is 34.1 Å². The topological polar surface area (TPSA) is 77.8 Å². The van der Waals surface area contributed by atoms with Gasteiger partial charge in [-0.1, -0.05) is 36.4 Å². The van der Waals surface area contributed by atoms with Gasteiger partial charge in [0, 0.05) is 17.3 Å². The number of benzene rings is 2. The second-order valence-electron chi connectivity index (χ2n) is 6.24. The molecule has 1 N–H and O–H groups in total. The summed E-state index contributed by atoms with van der Waals surface area (Å²) in [7, 11) is 1.55. The van der Waals surface area contributed by atoms with Crippen molar-refractivity contribution < 1.29 is 23.5 Å². The van der Waals surface area contributed by atoms with Gasteiger partial charge >= 0.3 is 5.97 Å². The Kier molecular flexibility index (Phi) is 5.79. The third-order valence-corrected chi connectivity index (χ3v) is 4.16. The van der Waals surface area contributed by atoms with Crippen LogP contribution < -0.4 is 10.1 Å². The Bertz CT molecular complexity index is 978. The maximum atomic E-state index is 12.9. The van der Waals surface area contributed by atoms with E-state index < -0.39 is 18.0 Å². The summed E-state index contributed by atoms with van der Waals surface area (Å²) >= 11 is 0. The summed E-state index contributed by atoms with van der Waals surface area (Å²) in [5.41, 5.74) is 1.40. The molecule has 0 aliphatic carbocycles. The molecule has 0 saturated heterocycles. The highest BCUT2D eigenvalue weighted by Crippen LogP contribution is 2.25. The van der Waals surface area contributed by atoms with E-state index >= 15 is 0 Å². The van der Waals surface area contributed by atoms with E-state index in [0.717, 1.165) is 0 Å². The Morgan fingerprint density at radius 1 is 1.00 bits per heavy atom. The fourth-order valence-electron chi connectivity index (χ4n) is 2.81. The van der Waals surface area contributed by atoms with Crippen LogP contribution in [-0.2, 0) is 9.53 Å². The maximum Gasteiger partial charge on any atom is 0.342 e. The summed E-state index contributed by atoms with van der Waals surface area (Å²) in [4.78, 5) is 25.6. The fourth-order valence-corrected chi connectivity index (χ4v) is 2.81. The fraction of sp³-hybridized carbons (Fsp3) is 0.182. The number of rotatable bonds is 6. The van der Waals surface area contributed by atoms with Gasteiger partial charge in [-0.3, -0.25) is 4.79 Å². The number of carbonyl (C=O) groups is 2. The van der Waals surface area contributed by atoms with Crippen LogP contribution in [0.15, 0.2) is 65.1 Å². The van der Waals surface area contributed by atoms with Gasteiger partial charge in [0.1, 0.15) is 22.8 Å². The lowest BCUT2D eigenvalue weighted by atomic mass is 10.1. The Hall–Kier alpha value is -3.54. The third-order valence-electron chi connectivity index (χ3n) is 4.16. The first-order valence-corrected chi connectivity index (χ1v) is 8.76. The number of anilines is 1. The highest BCUT2D eigenvalue weighted by molar-refractivity contribution is 5.98. The van der Waals surface area contributed by atoms with Crippen LogP contribution in [0.1, 0.15) is 33.5 Å². The van der Waals surface area contributed by atoms with Gasteiger partial charge in [-0.2, -0.15) is 0 Å². The highest BCUT2D eigenvalue weighted by atomic mass is 16.5. The molecule has 3 aromatic rings. The number of hydrogen-bond donors (Lipinski definition) is 1.